The van der Waals surface area contributed by atoms with E-state index in [9.17, 15) is 0 Å². The molecule has 1 aromatic heterocycles. The van der Waals surface area contributed by atoms with Crippen molar-refractivity contribution in [3.8, 4) is 5.75 Å². The molecule has 0 bridgehead atoms. The molecule has 19 heavy (non-hydrogen) atoms. The van der Waals surface area contributed by atoms with E-state index in [2.05, 4.69) is 17.1 Å². The van der Waals surface area contributed by atoms with Crippen molar-refractivity contribution in [2.75, 3.05) is 5.73 Å². The molecule has 0 aliphatic heterocycles. The van der Waals surface area contributed by atoms with Gasteiger partial charge in [-0.2, -0.15) is 0 Å². The van der Waals surface area contributed by atoms with E-state index < -0.39 is 0 Å². The number of ether oxygens (including phenoxy) is 1. The van der Waals surface area contributed by atoms with E-state index in [0.29, 0.717) is 6.61 Å². The lowest BCUT2D eigenvalue weighted by molar-refractivity contribution is 0.306. The first kappa shape index (κ1) is 11.7. The molecule has 3 heteroatoms. The minimum absolute atomic E-state index is 0.575. The van der Waals surface area contributed by atoms with Gasteiger partial charge in [-0.3, -0.25) is 0 Å². The SMILES string of the molecule is Cc1c(N)[nH]c2ccc(OCc3ccccc3)cc12. The summed E-state index contributed by atoms with van der Waals surface area (Å²) in [5.74, 6) is 1.58. The van der Waals surface area contributed by atoms with Gasteiger partial charge in [-0.1, -0.05) is 30.3 Å². The van der Waals surface area contributed by atoms with Crippen LogP contribution in [0, 0.1) is 6.92 Å². The van der Waals surface area contributed by atoms with Crippen LogP contribution in [0.4, 0.5) is 5.82 Å². The Kier molecular flexibility index (Phi) is 2.88. The monoisotopic (exact) mass is 252 g/mol. The van der Waals surface area contributed by atoms with Crippen LogP contribution in [0.1, 0.15) is 11.1 Å². The maximum Gasteiger partial charge on any atom is 0.120 e. The third-order valence-electron chi connectivity index (χ3n) is 3.32. The number of anilines is 1. The third-order valence-corrected chi connectivity index (χ3v) is 3.32. The Morgan fingerprint density at radius 1 is 1.11 bits per heavy atom. The van der Waals surface area contributed by atoms with Crippen molar-refractivity contribution in [3.63, 3.8) is 0 Å². The second-order valence-corrected chi connectivity index (χ2v) is 4.65. The zero-order valence-electron chi connectivity index (χ0n) is 10.8. The van der Waals surface area contributed by atoms with Gasteiger partial charge >= 0.3 is 0 Å². The van der Waals surface area contributed by atoms with Gasteiger partial charge in [0.2, 0.25) is 0 Å². The molecule has 0 unspecified atom stereocenters. The average molecular weight is 252 g/mol. The summed E-state index contributed by atoms with van der Waals surface area (Å²) in [7, 11) is 0. The van der Waals surface area contributed by atoms with Crippen LogP contribution in [-0.2, 0) is 6.61 Å². The number of nitrogens with two attached hydrogens (primary N) is 1. The number of H-pyrrole nitrogens is 1. The second kappa shape index (κ2) is 4.69. The van der Waals surface area contributed by atoms with Gasteiger partial charge in [-0.25, -0.2) is 0 Å². The molecule has 0 aliphatic carbocycles. The summed E-state index contributed by atoms with van der Waals surface area (Å²) in [5.41, 5.74) is 9.14. The lowest BCUT2D eigenvalue weighted by atomic mass is 10.2. The van der Waals surface area contributed by atoms with E-state index in [1.807, 2.05) is 43.3 Å². The minimum Gasteiger partial charge on any atom is -0.489 e. The molecule has 96 valence electrons. The van der Waals surface area contributed by atoms with Crippen molar-refractivity contribution in [3.05, 3.63) is 59.7 Å². The zero-order valence-corrected chi connectivity index (χ0v) is 10.8. The van der Waals surface area contributed by atoms with E-state index in [1.54, 1.807) is 0 Å². The molecule has 0 spiro atoms. The lowest BCUT2D eigenvalue weighted by Gasteiger charge is -2.06. The Hall–Kier alpha value is -2.42. The largest absolute Gasteiger partial charge is 0.489 e. The number of benzene rings is 2. The standard InChI is InChI=1S/C16H16N2O/c1-11-14-9-13(7-8-15(14)18-16(11)17)19-10-12-5-3-2-4-6-12/h2-9,18H,10,17H2,1H3. The summed E-state index contributed by atoms with van der Waals surface area (Å²) in [6.07, 6.45) is 0. The van der Waals surface area contributed by atoms with Crippen molar-refractivity contribution < 1.29 is 4.74 Å². The molecule has 0 fully saturated rings. The summed E-state index contributed by atoms with van der Waals surface area (Å²) >= 11 is 0. The van der Waals surface area contributed by atoms with Crippen LogP contribution >= 0.6 is 0 Å². The Balaban J connectivity index is 1.83. The molecule has 0 aliphatic rings. The molecule has 3 nitrogen and oxygen atoms in total. The number of nitrogen functional groups attached to an aromatic ring is 1. The van der Waals surface area contributed by atoms with Crippen LogP contribution in [0.5, 0.6) is 5.75 Å². The van der Waals surface area contributed by atoms with Crippen molar-refractivity contribution in [2.24, 2.45) is 0 Å². The van der Waals surface area contributed by atoms with Crippen molar-refractivity contribution in [1.29, 1.82) is 0 Å². The number of aryl methyl sites for hydroxylation is 1. The summed E-state index contributed by atoms with van der Waals surface area (Å²) in [4.78, 5) is 3.15. The van der Waals surface area contributed by atoms with Crippen LogP contribution in [0.25, 0.3) is 10.9 Å². The molecule has 2 aromatic carbocycles. The third kappa shape index (κ3) is 2.27. The highest BCUT2D eigenvalue weighted by molar-refractivity contribution is 5.88. The summed E-state index contributed by atoms with van der Waals surface area (Å²) < 4.78 is 5.81. The zero-order chi connectivity index (χ0) is 13.2. The highest BCUT2D eigenvalue weighted by Gasteiger charge is 2.06. The van der Waals surface area contributed by atoms with E-state index in [4.69, 9.17) is 10.5 Å². The average Bonchev–Trinajstić information content (AvgIpc) is 2.73. The van der Waals surface area contributed by atoms with Gasteiger partial charge in [0.05, 0.1) is 0 Å². The molecule has 3 rings (SSSR count). The van der Waals surface area contributed by atoms with Crippen molar-refractivity contribution >= 4 is 16.7 Å². The summed E-state index contributed by atoms with van der Waals surface area (Å²) in [5, 5.41) is 1.11. The van der Waals surface area contributed by atoms with Crippen LogP contribution < -0.4 is 10.5 Å². The van der Waals surface area contributed by atoms with Gasteiger partial charge < -0.3 is 15.5 Å². The topological polar surface area (TPSA) is 51.0 Å². The second-order valence-electron chi connectivity index (χ2n) is 4.65. The fourth-order valence-corrected chi connectivity index (χ4v) is 2.16. The normalized spacial score (nSPS) is 10.8. The Morgan fingerprint density at radius 3 is 2.68 bits per heavy atom. The van der Waals surface area contributed by atoms with Gasteiger partial charge in [0.25, 0.3) is 0 Å². The molecule has 0 amide bonds. The molecule has 0 radical (unpaired) electrons. The van der Waals surface area contributed by atoms with Crippen LogP contribution in [0.3, 0.4) is 0 Å². The van der Waals surface area contributed by atoms with Gasteiger partial charge in [0.15, 0.2) is 0 Å². The number of rotatable bonds is 3. The predicted molar refractivity (Wildman–Crippen MR) is 78.2 cm³/mol. The summed E-state index contributed by atoms with van der Waals surface area (Å²) in [6.45, 7) is 2.58. The Bertz CT molecular complexity index is 701. The van der Waals surface area contributed by atoms with Crippen LogP contribution in [-0.4, -0.2) is 4.98 Å². The number of aromatic amines is 1. The number of hydrogen-bond donors (Lipinski definition) is 2. The minimum atomic E-state index is 0.575. The number of fused-ring (bicyclic) bond motifs is 1. The molecule has 0 atom stereocenters. The van der Waals surface area contributed by atoms with E-state index in [-0.39, 0.29) is 0 Å². The van der Waals surface area contributed by atoms with E-state index >= 15 is 0 Å². The highest BCUT2D eigenvalue weighted by atomic mass is 16.5. The summed E-state index contributed by atoms with van der Waals surface area (Å²) in [6, 6.07) is 16.1. The molecular formula is C16H16N2O. The van der Waals surface area contributed by atoms with Crippen LogP contribution in [0.2, 0.25) is 0 Å². The smallest absolute Gasteiger partial charge is 0.120 e. The van der Waals surface area contributed by atoms with Crippen molar-refractivity contribution in [2.45, 2.75) is 13.5 Å². The first-order chi connectivity index (χ1) is 9.24. The number of aromatic nitrogens is 1. The number of nitrogens with one attached hydrogen (secondary N) is 1. The van der Waals surface area contributed by atoms with E-state index in [0.717, 1.165) is 33.6 Å². The molecule has 0 saturated heterocycles. The van der Waals surface area contributed by atoms with Gasteiger partial charge in [0.1, 0.15) is 18.2 Å². The number of hydrogen-bond acceptors (Lipinski definition) is 2. The first-order valence-electron chi connectivity index (χ1n) is 6.28. The Labute approximate surface area is 112 Å². The molecular weight excluding hydrogens is 236 g/mol. The molecule has 3 aromatic rings. The highest BCUT2D eigenvalue weighted by Crippen LogP contribution is 2.27. The maximum absolute atomic E-state index is 5.87. The van der Waals surface area contributed by atoms with Crippen molar-refractivity contribution in [1.82, 2.24) is 4.98 Å². The van der Waals surface area contributed by atoms with Crippen LogP contribution in [0.15, 0.2) is 48.5 Å². The maximum atomic E-state index is 5.87. The molecule has 3 N–H and O–H groups in total. The lowest BCUT2D eigenvalue weighted by Crippen LogP contribution is -1.94. The van der Waals surface area contributed by atoms with Gasteiger partial charge in [-0.05, 0) is 36.2 Å². The quantitative estimate of drug-likeness (QED) is 0.747. The fraction of sp³-hybridized carbons (Fsp3) is 0.125. The van der Waals surface area contributed by atoms with Gasteiger partial charge in [0, 0.05) is 10.9 Å². The molecule has 1 heterocycles. The predicted octanol–water partition coefficient (Wildman–Crippen LogP) is 3.64. The Morgan fingerprint density at radius 2 is 1.89 bits per heavy atom. The fourth-order valence-electron chi connectivity index (χ4n) is 2.16. The molecule has 0 saturated carbocycles. The first-order valence-corrected chi connectivity index (χ1v) is 6.28. The van der Waals surface area contributed by atoms with E-state index in [1.165, 1.54) is 0 Å². The van der Waals surface area contributed by atoms with Gasteiger partial charge in [-0.15, -0.1) is 0 Å².